The fourth-order valence-electron chi connectivity index (χ4n) is 5.95. The smallest absolute Gasteiger partial charge is 0.227 e. The van der Waals surface area contributed by atoms with Crippen LogP contribution in [0.2, 0.25) is 0 Å². The molecule has 0 radical (unpaired) electrons. The monoisotopic (exact) mass is 540 g/mol. The minimum Gasteiger partial charge on any atom is -0.368 e. The molecule has 0 aliphatic carbocycles. The van der Waals surface area contributed by atoms with Crippen molar-refractivity contribution in [3.63, 3.8) is 0 Å². The number of benzene rings is 2. The van der Waals surface area contributed by atoms with Gasteiger partial charge in [-0.25, -0.2) is 8.78 Å². The number of aryl methyl sites for hydroxylation is 2. The molecule has 0 spiro atoms. The number of carbonyl (C=O) groups excluding carboxylic acids is 2. The highest BCUT2D eigenvalue weighted by molar-refractivity contribution is 5.81. The fraction of sp³-hybridized carbons (Fsp3) is 0.548. The van der Waals surface area contributed by atoms with Gasteiger partial charge in [-0.3, -0.25) is 14.5 Å². The van der Waals surface area contributed by atoms with E-state index in [0.717, 1.165) is 17.3 Å². The van der Waals surface area contributed by atoms with Crippen molar-refractivity contribution in [2.24, 2.45) is 5.92 Å². The van der Waals surface area contributed by atoms with Gasteiger partial charge in [-0.15, -0.1) is 0 Å². The normalized spacial score (nSPS) is 21.3. The van der Waals surface area contributed by atoms with E-state index in [9.17, 15) is 18.4 Å². The molecule has 2 aliphatic heterocycles. The molecule has 2 fully saturated rings. The van der Waals surface area contributed by atoms with Crippen LogP contribution in [0.5, 0.6) is 0 Å². The molecule has 39 heavy (non-hydrogen) atoms. The minimum atomic E-state index is -0.612. The molecule has 1 N–H and O–H groups in total. The summed E-state index contributed by atoms with van der Waals surface area (Å²) in [6.07, 6.45) is 0. The number of rotatable bonds is 5. The predicted molar refractivity (Wildman–Crippen MR) is 151 cm³/mol. The van der Waals surface area contributed by atoms with Crippen molar-refractivity contribution >= 4 is 17.5 Å². The average molecular weight is 541 g/mol. The van der Waals surface area contributed by atoms with Crippen LogP contribution in [0.3, 0.4) is 0 Å². The molecule has 0 aromatic heterocycles. The lowest BCUT2D eigenvalue weighted by molar-refractivity contribution is -0.136. The number of nitrogens with zero attached hydrogens (tertiary/aromatic N) is 3. The maximum Gasteiger partial charge on any atom is 0.227 e. The van der Waals surface area contributed by atoms with Gasteiger partial charge in [0.1, 0.15) is 11.6 Å². The number of likely N-dealkylation sites (tertiary alicyclic amines) is 1. The second kappa shape index (κ2) is 11.2. The first-order chi connectivity index (χ1) is 18.3. The molecule has 2 aromatic carbocycles. The van der Waals surface area contributed by atoms with Gasteiger partial charge in [0.05, 0.1) is 12.0 Å². The Hall–Kier alpha value is -3.00. The molecule has 2 heterocycles. The lowest BCUT2D eigenvalue weighted by atomic mass is 9.87. The van der Waals surface area contributed by atoms with Crippen LogP contribution in [0, 0.1) is 31.4 Å². The summed E-state index contributed by atoms with van der Waals surface area (Å²) in [5.74, 6) is -1.97. The van der Waals surface area contributed by atoms with Gasteiger partial charge in [0.2, 0.25) is 11.8 Å². The Bertz CT molecular complexity index is 1230. The first-order valence-electron chi connectivity index (χ1n) is 13.9. The van der Waals surface area contributed by atoms with Gasteiger partial charge in [0.25, 0.3) is 0 Å². The number of anilines is 1. The SMILES string of the molecule is CC(=O)NC(C)c1cc(C)c(C)cc1N1CCN(C(=O)C2CN(C(C)(C)C)CC2c2ccc(F)cc2F)CC1. The highest BCUT2D eigenvalue weighted by Gasteiger charge is 2.44. The van der Waals surface area contributed by atoms with E-state index in [1.807, 2.05) is 11.8 Å². The molecule has 8 heteroatoms. The second-order valence-corrected chi connectivity index (χ2v) is 12.2. The van der Waals surface area contributed by atoms with Crippen LogP contribution in [-0.4, -0.2) is 66.4 Å². The molecule has 212 valence electrons. The highest BCUT2D eigenvalue weighted by Crippen LogP contribution is 2.39. The summed E-state index contributed by atoms with van der Waals surface area (Å²) in [5.41, 5.74) is 4.73. The first kappa shape index (κ1) is 29.0. The number of hydrogen-bond acceptors (Lipinski definition) is 4. The zero-order valence-electron chi connectivity index (χ0n) is 24.3. The van der Waals surface area contributed by atoms with E-state index in [0.29, 0.717) is 44.8 Å². The minimum absolute atomic E-state index is 0.0297. The van der Waals surface area contributed by atoms with Crippen LogP contribution in [0.1, 0.15) is 68.8 Å². The van der Waals surface area contributed by atoms with Crippen molar-refractivity contribution in [2.75, 3.05) is 44.2 Å². The lowest BCUT2D eigenvalue weighted by Crippen LogP contribution is -2.51. The maximum atomic E-state index is 14.9. The predicted octanol–water partition coefficient (Wildman–Crippen LogP) is 4.94. The Balaban J connectivity index is 1.53. The number of halogens is 2. The third-order valence-electron chi connectivity index (χ3n) is 8.41. The summed E-state index contributed by atoms with van der Waals surface area (Å²) >= 11 is 0. The van der Waals surface area contributed by atoms with Crippen LogP contribution in [0.15, 0.2) is 30.3 Å². The Labute approximate surface area is 231 Å². The van der Waals surface area contributed by atoms with Gasteiger partial charge < -0.3 is 15.1 Å². The largest absolute Gasteiger partial charge is 0.368 e. The lowest BCUT2D eigenvalue weighted by Gasteiger charge is -2.39. The topological polar surface area (TPSA) is 55.9 Å². The van der Waals surface area contributed by atoms with E-state index in [1.165, 1.54) is 30.2 Å². The van der Waals surface area contributed by atoms with Crippen LogP contribution in [0.25, 0.3) is 0 Å². The van der Waals surface area contributed by atoms with Crippen molar-refractivity contribution < 1.29 is 18.4 Å². The summed E-state index contributed by atoms with van der Waals surface area (Å²) in [5, 5.41) is 3.01. The highest BCUT2D eigenvalue weighted by atomic mass is 19.1. The Morgan fingerprint density at radius 1 is 0.974 bits per heavy atom. The quantitative estimate of drug-likeness (QED) is 0.584. The molecule has 6 nitrogen and oxygen atoms in total. The van der Waals surface area contributed by atoms with E-state index in [2.05, 4.69) is 61.9 Å². The van der Waals surface area contributed by atoms with Gasteiger partial charge >= 0.3 is 0 Å². The average Bonchev–Trinajstić information content (AvgIpc) is 3.30. The third-order valence-corrected chi connectivity index (χ3v) is 8.41. The van der Waals surface area contributed by atoms with Crippen molar-refractivity contribution in [3.8, 4) is 0 Å². The molecule has 0 bridgehead atoms. The van der Waals surface area contributed by atoms with Crippen molar-refractivity contribution in [1.29, 1.82) is 0 Å². The zero-order valence-corrected chi connectivity index (χ0v) is 24.3. The molecule has 4 rings (SSSR count). The van der Waals surface area contributed by atoms with Crippen molar-refractivity contribution in [2.45, 2.75) is 66.0 Å². The van der Waals surface area contributed by atoms with Crippen LogP contribution >= 0.6 is 0 Å². The van der Waals surface area contributed by atoms with E-state index >= 15 is 0 Å². The van der Waals surface area contributed by atoms with E-state index in [4.69, 9.17) is 0 Å². The third kappa shape index (κ3) is 6.26. The zero-order chi connectivity index (χ0) is 28.6. The number of carbonyl (C=O) groups is 2. The Kier molecular flexibility index (Phi) is 8.36. The molecular weight excluding hydrogens is 498 g/mol. The molecule has 3 unspecified atom stereocenters. The molecule has 0 saturated carbocycles. The van der Waals surface area contributed by atoms with Gasteiger partial charge in [-0.2, -0.15) is 0 Å². The summed E-state index contributed by atoms with van der Waals surface area (Å²) in [7, 11) is 0. The van der Waals surface area contributed by atoms with Gasteiger partial charge in [-0.1, -0.05) is 12.1 Å². The van der Waals surface area contributed by atoms with E-state index < -0.39 is 17.6 Å². The van der Waals surface area contributed by atoms with E-state index in [-0.39, 0.29) is 29.3 Å². The van der Waals surface area contributed by atoms with Crippen LogP contribution in [0.4, 0.5) is 14.5 Å². The van der Waals surface area contributed by atoms with Crippen molar-refractivity contribution in [3.05, 3.63) is 64.2 Å². The van der Waals surface area contributed by atoms with Gasteiger partial charge in [0.15, 0.2) is 0 Å². The maximum absolute atomic E-state index is 14.9. The summed E-state index contributed by atoms with van der Waals surface area (Å²) < 4.78 is 28.5. The fourth-order valence-corrected chi connectivity index (χ4v) is 5.95. The van der Waals surface area contributed by atoms with Gasteiger partial charge in [-0.05, 0) is 75.9 Å². The summed E-state index contributed by atoms with van der Waals surface area (Å²) in [6, 6.07) is 7.87. The standard InChI is InChI=1S/C31H42F2N4O2/c1-19-14-25(21(3)34-22(4)38)29(15-20(19)2)35-10-12-36(13-11-35)30(39)27-18-37(31(5,6)7)17-26(27)24-9-8-23(32)16-28(24)33/h8-9,14-16,21,26-27H,10-13,17-18H2,1-7H3,(H,34,38). The molecule has 2 amide bonds. The number of hydrogen-bond donors (Lipinski definition) is 1. The Morgan fingerprint density at radius 3 is 2.21 bits per heavy atom. The Morgan fingerprint density at radius 2 is 1.62 bits per heavy atom. The molecule has 2 aliphatic rings. The van der Waals surface area contributed by atoms with Crippen molar-refractivity contribution in [1.82, 2.24) is 15.1 Å². The number of nitrogens with one attached hydrogen (secondary N) is 1. The summed E-state index contributed by atoms with van der Waals surface area (Å²) in [6.45, 7) is 17.5. The van der Waals surface area contributed by atoms with Crippen LogP contribution < -0.4 is 10.2 Å². The molecule has 2 saturated heterocycles. The summed E-state index contributed by atoms with van der Waals surface area (Å²) in [4.78, 5) is 32.1. The van der Waals surface area contributed by atoms with Gasteiger partial charge in [0, 0.05) is 69.4 Å². The second-order valence-electron chi connectivity index (χ2n) is 12.2. The van der Waals surface area contributed by atoms with Crippen LogP contribution in [-0.2, 0) is 9.59 Å². The molecule has 3 atom stereocenters. The van der Waals surface area contributed by atoms with E-state index in [1.54, 1.807) is 0 Å². The number of piperazine rings is 1. The molecule has 2 aromatic rings. The first-order valence-corrected chi connectivity index (χ1v) is 13.9. The molecular formula is C31H42F2N4O2. The number of amides is 2.